The van der Waals surface area contributed by atoms with E-state index in [1.165, 1.54) is 0 Å². The smallest absolute Gasteiger partial charge is 0.184 e. The largest absolute Gasteiger partial charge is 0.390 e. The van der Waals surface area contributed by atoms with Crippen molar-refractivity contribution in [3.05, 3.63) is 0 Å². The Hall–Kier alpha value is -0.490. The van der Waals surface area contributed by atoms with E-state index in [1.807, 2.05) is 13.8 Å². The molecule has 1 aliphatic heterocycles. The fraction of sp³-hybridized carbons (Fsp3) is 0.944. The standard InChI is InChI=1S/C18H34O5/c1-4-9-15(19)11-8-6-5-7-10-13(2)22-18-17(21)12-16(20)14(3)23-18/h13-14,16-18,20-21H,4-12H2,1-3H3/t13?,14-,16+,17+,18+/m0/s1. The summed E-state index contributed by atoms with van der Waals surface area (Å²) in [6, 6.07) is 0. The van der Waals surface area contributed by atoms with E-state index >= 15 is 0 Å². The van der Waals surface area contributed by atoms with Crippen LogP contribution in [0.4, 0.5) is 0 Å². The van der Waals surface area contributed by atoms with Gasteiger partial charge in [0, 0.05) is 19.3 Å². The van der Waals surface area contributed by atoms with Gasteiger partial charge in [0.15, 0.2) is 6.29 Å². The van der Waals surface area contributed by atoms with E-state index in [-0.39, 0.29) is 12.2 Å². The van der Waals surface area contributed by atoms with Crippen LogP contribution in [0.2, 0.25) is 0 Å². The minimum Gasteiger partial charge on any atom is -0.390 e. The molecule has 1 saturated heterocycles. The van der Waals surface area contributed by atoms with Gasteiger partial charge in [0.2, 0.25) is 0 Å². The van der Waals surface area contributed by atoms with Crippen molar-refractivity contribution < 1.29 is 24.5 Å². The van der Waals surface area contributed by atoms with Crippen LogP contribution in [-0.4, -0.2) is 46.7 Å². The van der Waals surface area contributed by atoms with Gasteiger partial charge in [-0.2, -0.15) is 0 Å². The van der Waals surface area contributed by atoms with E-state index in [1.54, 1.807) is 6.92 Å². The lowest BCUT2D eigenvalue weighted by atomic mass is 10.0. The molecule has 5 atom stereocenters. The molecule has 0 bridgehead atoms. The molecule has 0 amide bonds. The molecule has 0 radical (unpaired) electrons. The Kier molecular flexibility index (Phi) is 9.95. The lowest BCUT2D eigenvalue weighted by Crippen LogP contribution is -2.48. The van der Waals surface area contributed by atoms with Crippen molar-refractivity contribution in [2.75, 3.05) is 0 Å². The molecule has 0 saturated carbocycles. The van der Waals surface area contributed by atoms with Gasteiger partial charge in [-0.3, -0.25) is 4.79 Å². The normalized spacial score (nSPS) is 29.4. The van der Waals surface area contributed by atoms with Crippen molar-refractivity contribution >= 4 is 5.78 Å². The molecule has 1 unspecified atom stereocenters. The average Bonchev–Trinajstić information content (AvgIpc) is 2.48. The summed E-state index contributed by atoms with van der Waals surface area (Å²) >= 11 is 0. The number of unbranched alkanes of at least 4 members (excludes halogenated alkanes) is 3. The van der Waals surface area contributed by atoms with Crippen LogP contribution in [0.5, 0.6) is 0 Å². The van der Waals surface area contributed by atoms with E-state index in [2.05, 4.69) is 0 Å². The van der Waals surface area contributed by atoms with Crippen LogP contribution in [0, 0.1) is 0 Å². The van der Waals surface area contributed by atoms with E-state index in [0.717, 1.165) is 38.5 Å². The Morgan fingerprint density at radius 3 is 2.57 bits per heavy atom. The summed E-state index contributed by atoms with van der Waals surface area (Å²) in [6.45, 7) is 5.81. The lowest BCUT2D eigenvalue weighted by Gasteiger charge is -2.36. The van der Waals surface area contributed by atoms with Gasteiger partial charge in [-0.05, 0) is 33.1 Å². The molecule has 0 spiro atoms. The highest BCUT2D eigenvalue weighted by Crippen LogP contribution is 2.23. The predicted octanol–water partition coefficient (Wildman–Crippen LogP) is 2.96. The molecule has 5 nitrogen and oxygen atoms in total. The second kappa shape index (κ2) is 11.1. The minimum absolute atomic E-state index is 0.0128. The van der Waals surface area contributed by atoms with Gasteiger partial charge in [0.05, 0.1) is 18.3 Å². The first-order chi connectivity index (χ1) is 10.9. The zero-order chi connectivity index (χ0) is 17.2. The first-order valence-electron chi connectivity index (χ1n) is 9.12. The van der Waals surface area contributed by atoms with E-state index in [4.69, 9.17) is 9.47 Å². The number of rotatable bonds is 11. The van der Waals surface area contributed by atoms with Crippen molar-refractivity contribution in [2.45, 2.75) is 109 Å². The summed E-state index contributed by atoms with van der Waals surface area (Å²) < 4.78 is 11.3. The highest BCUT2D eigenvalue weighted by molar-refractivity contribution is 5.78. The van der Waals surface area contributed by atoms with Crippen LogP contribution >= 0.6 is 0 Å². The molecule has 0 aromatic rings. The monoisotopic (exact) mass is 330 g/mol. The van der Waals surface area contributed by atoms with Crippen molar-refractivity contribution in [1.82, 2.24) is 0 Å². The Labute approximate surface area is 140 Å². The van der Waals surface area contributed by atoms with Crippen LogP contribution in [-0.2, 0) is 14.3 Å². The molecular formula is C18H34O5. The molecule has 1 heterocycles. The second-order valence-corrected chi connectivity index (χ2v) is 6.77. The first-order valence-corrected chi connectivity index (χ1v) is 9.12. The maximum atomic E-state index is 11.4. The van der Waals surface area contributed by atoms with Crippen LogP contribution in [0.1, 0.15) is 78.6 Å². The van der Waals surface area contributed by atoms with E-state index in [0.29, 0.717) is 25.0 Å². The molecule has 23 heavy (non-hydrogen) atoms. The Morgan fingerprint density at radius 2 is 1.87 bits per heavy atom. The van der Waals surface area contributed by atoms with Gasteiger partial charge in [-0.15, -0.1) is 0 Å². The number of ether oxygens (including phenoxy) is 2. The van der Waals surface area contributed by atoms with E-state index < -0.39 is 18.5 Å². The van der Waals surface area contributed by atoms with Crippen LogP contribution in [0.3, 0.4) is 0 Å². The fourth-order valence-corrected chi connectivity index (χ4v) is 2.87. The highest BCUT2D eigenvalue weighted by atomic mass is 16.7. The van der Waals surface area contributed by atoms with Crippen LogP contribution in [0.15, 0.2) is 0 Å². The SMILES string of the molecule is CCCC(=O)CCCCCCC(C)O[C@@H]1O[C@@H](C)[C@H](O)C[C@H]1O. The topological polar surface area (TPSA) is 76.0 Å². The molecule has 1 rings (SSSR count). The molecule has 2 N–H and O–H groups in total. The van der Waals surface area contributed by atoms with Crippen LogP contribution in [0.25, 0.3) is 0 Å². The molecule has 136 valence electrons. The van der Waals surface area contributed by atoms with Gasteiger partial charge in [-0.1, -0.05) is 26.2 Å². The van der Waals surface area contributed by atoms with Gasteiger partial charge in [-0.25, -0.2) is 0 Å². The summed E-state index contributed by atoms with van der Waals surface area (Å²) in [4.78, 5) is 11.4. The average molecular weight is 330 g/mol. The van der Waals surface area contributed by atoms with Gasteiger partial charge in [0.1, 0.15) is 11.9 Å². The molecule has 5 heteroatoms. The van der Waals surface area contributed by atoms with Gasteiger partial charge >= 0.3 is 0 Å². The summed E-state index contributed by atoms with van der Waals surface area (Å²) in [5.74, 6) is 0.379. The molecule has 1 fully saturated rings. The number of aliphatic hydroxyl groups is 2. The van der Waals surface area contributed by atoms with Gasteiger partial charge < -0.3 is 19.7 Å². The molecular weight excluding hydrogens is 296 g/mol. The first kappa shape index (κ1) is 20.6. The second-order valence-electron chi connectivity index (χ2n) is 6.77. The Balaban J connectivity index is 2.08. The fourth-order valence-electron chi connectivity index (χ4n) is 2.87. The molecule has 0 aromatic carbocycles. The Bertz CT molecular complexity index is 333. The lowest BCUT2D eigenvalue weighted by molar-refractivity contribution is -0.273. The number of carbonyl (C=O) groups is 1. The number of Topliss-reactive ketones (excluding diaryl/α,β-unsaturated/α-hetero) is 1. The van der Waals surface area contributed by atoms with Gasteiger partial charge in [0.25, 0.3) is 0 Å². The quantitative estimate of drug-likeness (QED) is 0.570. The summed E-state index contributed by atoms with van der Waals surface area (Å²) in [5.41, 5.74) is 0. The number of aliphatic hydroxyl groups excluding tert-OH is 2. The van der Waals surface area contributed by atoms with Crippen molar-refractivity contribution in [1.29, 1.82) is 0 Å². The van der Waals surface area contributed by atoms with E-state index in [9.17, 15) is 15.0 Å². The van der Waals surface area contributed by atoms with Crippen molar-refractivity contribution in [2.24, 2.45) is 0 Å². The molecule has 0 aliphatic carbocycles. The highest BCUT2D eigenvalue weighted by Gasteiger charge is 2.35. The van der Waals surface area contributed by atoms with Crippen molar-refractivity contribution in [3.63, 3.8) is 0 Å². The third-order valence-electron chi connectivity index (χ3n) is 4.40. The zero-order valence-electron chi connectivity index (χ0n) is 14.9. The predicted molar refractivity (Wildman–Crippen MR) is 89.1 cm³/mol. The maximum Gasteiger partial charge on any atom is 0.184 e. The number of ketones is 1. The number of hydrogen-bond donors (Lipinski definition) is 2. The number of carbonyl (C=O) groups excluding carboxylic acids is 1. The summed E-state index contributed by atoms with van der Waals surface area (Å²) in [7, 11) is 0. The third-order valence-corrected chi connectivity index (χ3v) is 4.40. The molecule has 1 aliphatic rings. The molecule has 0 aromatic heterocycles. The van der Waals surface area contributed by atoms with Crippen molar-refractivity contribution in [3.8, 4) is 0 Å². The maximum absolute atomic E-state index is 11.4. The zero-order valence-corrected chi connectivity index (χ0v) is 14.9. The third kappa shape index (κ3) is 8.25. The minimum atomic E-state index is -0.770. The number of hydrogen-bond acceptors (Lipinski definition) is 5. The van der Waals surface area contributed by atoms with Crippen LogP contribution < -0.4 is 0 Å². The summed E-state index contributed by atoms with van der Waals surface area (Å²) in [5, 5.41) is 19.5. The summed E-state index contributed by atoms with van der Waals surface area (Å²) in [6.07, 6.45) is 5.43. The Morgan fingerprint density at radius 1 is 1.17 bits per heavy atom.